The third-order valence-electron chi connectivity index (χ3n) is 6.78. The fraction of sp³-hybridized carbons (Fsp3) is 0.0938. The smallest absolute Gasteiger partial charge is 0.345 e. The van der Waals surface area contributed by atoms with Crippen LogP contribution in [0.2, 0.25) is 0 Å². The molecule has 178 valence electrons. The van der Waals surface area contributed by atoms with E-state index in [2.05, 4.69) is 37.0 Å². The van der Waals surface area contributed by atoms with Crippen molar-refractivity contribution in [3.05, 3.63) is 113 Å². The number of aromatic amines is 1. The van der Waals surface area contributed by atoms with Crippen LogP contribution in [0.5, 0.6) is 0 Å². The number of fused-ring (bicyclic) bond motifs is 2. The summed E-state index contributed by atoms with van der Waals surface area (Å²) in [5, 5.41) is 12.1. The number of nitrogens with one attached hydrogen (secondary N) is 1. The second-order valence-electron chi connectivity index (χ2n) is 9.40. The maximum absolute atomic E-state index is 13.1. The molecule has 0 aliphatic rings. The van der Waals surface area contributed by atoms with Crippen molar-refractivity contribution in [1.29, 1.82) is 5.26 Å². The van der Waals surface area contributed by atoms with Gasteiger partial charge in [0.2, 0.25) is 0 Å². The maximum atomic E-state index is 13.1. The second kappa shape index (κ2) is 8.92. The van der Waals surface area contributed by atoms with Crippen molar-refractivity contribution in [2.75, 3.05) is 0 Å². The van der Waals surface area contributed by atoms with Crippen LogP contribution in [0, 0.1) is 11.3 Å². The topological polar surface area (TPSA) is 82.7 Å². The Morgan fingerprint density at radius 1 is 0.892 bits per heavy atom. The number of nitrogens with zero attached hydrogens (tertiary/aromatic N) is 2. The van der Waals surface area contributed by atoms with E-state index in [1.54, 1.807) is 12.1 Å². The highest BCUT2D eigenvalue weighted by molar-refractivity contribution is 5.98. The van der Waals surface area contributed by atoms with Crippen molar-refractivity contribution < 1.29 is 4.42 Å². The van der Waals surface area contributed by atoms with Gasteiger partial charge >= 0.3 is 5.63 Å². The van der Waals surface area contributed by atoms with Crippen LogP contribution < -0.4 is 5.63 Å². The molecule has 0 amide bonds. The lowest BCUT2D eigenvalue weighted by atomic mass is 9.92. The van der Waals surface area contributed by atoms with Gasteiger partial charge in [0, 0.05) is 33.6 Å². The fourth-order valence-electron chi connectivity index (χ4n) is 4.77. The Balaban J connectivity index is 1.66. The molecule has 37 heavy (non-hydrogen) atoms. The average molecular weight is 482 g/mol. The van der Waals surface area contributed by atoms with Crippen LogP contribution in [-0.4, -0.2) is 9.97 Å². The molecule has 0 spiro atoms. The summed E-state index contributed by atoms with van der Waals surface area (Å²) in [6.45, 7) is 4.29. The van der Waals surface area contributed by atoms with Crippen molar-refractivity contribution in [2.45, 2.75) is 19.8 Å². The lowest BCUT2D eigenvalue weighted by Crippen LogP contribution is -2.06. The molecule has 6 aromatic rings. The molecule has 3 aromatic carbocycles. The lowest BCUT2D eigenvalue weighted by Gasteiger charge is -2.13. The first-order chi connectivity index (χ1) is 18.0. The lowest BCUT2D eigenvalue weighted by molar-refractivity contribution is 0.563. The summed E-state index contributed by atoms with van der Waals surface area (Å²) in [5.74, 6) is 0.390. The van der Waals surface area contributed by atoms with Gasteiger partial charge in [-0.15, -0.1) is 0 Å². The largest absolute Gasteiger partial charge is 0.422 e. The normalized spacial score (nSPS) is 11.3. The molecule has 0 bridgehead atoms. The molecular weight excluding hydrogens is 458 g/mol. The quantitative estimate of drug-likeness (QED) is 0.262. The molecular formula is C32H23N3O2. The summed E-state index contributed by atoms with van der Waals surface area (Å²) in [6.07, 6.45) is 1.87. The zero-order valence-corrected chi connectivity index (χ0v) is 20.4. The van der Waals surface area contributed by atoms with Crippen LogP contribution in [0.1, 0.15) is 30.9 Å². The molecule has 0 fully saturated rings. The van der Waals surface area contributed by atoms with Gasteiger partial charge in [0.05, 0.1) is 22.5 Å². The number of pyridine rings is 1. The summed E-state index contributed by atoms with van der Waals surface area (Å²) in [5.41, 5.74) is 6.40. The van der Waals surface area contributed by atoms with E-state index >= 15 is 0 Å². The SMILES string of the molecule is CC(C)c1ccc(-c2cc(-c3cc4ccccc4oc3=O)nc(-c3c[nH]c4ccccc34)c2C#N)cc1. The number of H-pyrrole nitrogens is 1. The molecule has 0 radical (unpaired) electrons. The van der Waals surface area contributed by atoms with Gasteiger partial charge in [0.25, 0.3) is 0 Å². The number of aromatic nitrogens is 2. The molecule has 0 unspecified atom stereocenters. The minimum absolute atomic E-state index is 0.351. The zero-order valence-electron chi connectivity index (χ0n) is 20.4. The van der Waals surface area contributed by atoms with E-state index in [-0.39, 0.29) is 0 Å². The Bertz CT molecular complexity index is 1890. The summed E-state index contributed by atoms with van der Waals surface area (Å²) >= 11 is 0. The van der Waals surface area contributed by atoms with Crippen LogP contribution >= 0.6 is 0 Å². The predicted molar refractivity (Wildman–Crippen MR) is 147 cm³/mol. The molecule has 0 saturated heterocycles. The monoisotopic (exact) mass is 481 g/mol. The third kappa shape index (κ3) is 3.89. The van der Waals surface area contributed by atoms with E-state index in [4.69, 9.17) is 9.40 Å². The predicted octanol–water partition coefficient (Wildman–Crippen LogP) is 7.67. The van der Waals surface area contributed by atoms with Crippen molar-refractivity contribution in [1.82, 2.24) is 9.97 Å². The van der Waals surface area contributed by atoms with Crippen molar-refractivity contribution >= 4 is 21.9 Å². The minimum atomic E-state index is -0.470. The van der Waals surface area contributed by atoms with E-state index in [9.17, 15) is 10.1 Å². The van der Waals surface area contributed by atoms with Gasteiger partial charge in [0.1, 0.15) is 11.7 Å². The van der Waals surface area contributed by atoms with E-state index in [0.29, 0.717) is 34.0 Å². The number of benzene rings is 3. The van der Waals surface area contributed by atoms with Gasteiger partial charge in [0.15, 0.2) is 0 Å². The second-order valence-corrected chi connectivity index (χ2v) is 9.40. The van der Waals surface area contributed by atoms with Crippen LogP contribution in [0.4, 0.5) is 0 Å². The van der Waals surface area contributed by atoms with Gasteiger partial charge in [-0.2, -0.15) is 5.26 Å². The highest BCUT2D eigenvalue weighted by Crippen LogP contribution is 2.37. The van der Waals surface area contributed by atoms with Crippen molar-refractivity contribution in [2.24, 2.45) is 0 Å². The van der Waals surface area contributed by atoms with Crippen LogP contribution in [0.3, 0.4) is 0 Å². The van der Waals surface area contributed by atoms with Gasteiger partial charge in [-0.1, -0.05) is 74.5 Å². The molecule has 0 aliphatic heterocycles. The molecule has 5 heteroatoms. The highest BCUT2D eigenvalue weighted by atomic mass is 16.4. The molecule has 1 N–H and O–H groups in total. The Labute approximate surface area is 213 Å². The molecule has 0 aliphatic carbocycles. The third-order valence-corrected chi connectivity index (χ3v) is 6.78. The number of rotatable bonds is 4. The summed E-state index contributed by atoms with van der Waals surface area (Å²) in [6, 6.07) is 29.5. The van der Waals surface area contributed by atoms with E-state index in [1.807, 2.05) is 66.9 Å². The Morgan fingerprint density at radius 2 is 1.65 bits per heavy atom. The van der Waals surface area contributed by atoms with Gasteiger partial charge in [-0.05, 0) is 41.3 Å². The van der Waals surface area contributed by atoms with Crippen LogP contribution in [0.15, 0.2) is 100 Å². The number of nitriles is 1. The molecule has 6 rings (SSSR count). The molecule has 0 saturated carbocycles. The van der Waals surface area contributed by atoms with Gasteiger partial charge < -0.3 is 9.40 Å². The Kier molecular flexibility index (Phi) is 5.43. The molecule has 3 heterocycles. The summed E-state index contributed by atoms with van der Waals surface area (Å²) in [4.78, 5) is 21.3. The Morgan fingerprint density at radius 3 is 2.43 bits per heavy atom. The van der Waals surface area contributed by atoms with Crippen LogP contribution in [0.25, 0.3) is 55.5 Å². The zero-order chi connectivity index (χ0) is 25.5. The van der Waals surface area contributed by atoms with Crippen molar-refractivity contribution in [3.63, 3.8) is 0 Å². The summed E-state index contributed by atoms with van der Waals surface area (Å²) in [7, 11) is 0. The van der Waals surface area contributed by atoms with E-state index in [1.165, 1.54) is 5.56 Å². The van der Waals surface area contributed by atoms with E-state index in [0.717, 1.165) is 33.0 Å². The van der Waals surface area contributed by atoms with Crippen molar-refractivity contribution in [3.8, 4) is 39.7 Å². The first-order valence-corrected chi connectivity index (χ1v) is 12.2. The first kappa shape index (κ1) is 22.5. The maximum Gasteiger partial charge on any atom is 0.345 e. The first-order valence-electron chi connectivity index (χ1n) is 12.2. The number of hydrogen-bond acceptors (Lipinski definition) is 4. The Hall–Kier alpha value is -4.95. The number of hydrogen-bond donors (Lipinski definition) is 1. The highest BCUT2D eigenvalue weighted by Gasteiger charge is 2.21. The standard InChI is InChI=1S/C32H23N3O2/c1-19(2)20-11-13-21(14-12-20)24-16-29(25-15-22-7-3-6-10-30(22)37-32(25)36)35-31(26(24)17-33)27-18-34-28-9-5-4-8-23(27)28/h3-16,18-19,34H,1-2H3. The molecule has 5 nitrogen and oxygen atoms in total. The molecule has 0 atom stereocenters. The van der Waals surface area contributed by atoms with Gasteiger partial charge in [-0.3, -0.25) is 0 Å². The molecule has 3 aromatic heterocycles. The summed E-state index contributed by atoms with van der Waals surface area (Å²) < 4.78 is 5.63. The van der Waals surface area contributed by atoms with Crippen LogP contribution in [-0.2, 0) is 0 Å². The fourth-order valence-corrected chi connectivity index (χ4v) is 4.77. The van der Waals surface area contributed by atoms with Gasteiger partial charge in [-0.25, -0.2) is 9.78 Å². The number of para-hydroxylation sites is 2. The van der Waals surface area contributed by atoms with E-state index < -0.39 is 5.63 Å². The average Bonchev–Trinajstić information content (AvgIpc) is 3.36. The minimum Gasteiger partial charge on any atom is -0.422 e.